The van der Waals surface area contributed by atoms with E-state index in [1.165, 1.54) is 61.5 Å². The number of aliphatic imine (C=N–C) groups is 1. The summed E-state index contributed by atoms with van der Waals surface area (Å²) in [6.07, 6.45) is 3.17. The average Bonchev–Trinajstić information content (AvgIpc) is 2.95. The van der Waals surface area contributed by atoms with Gasteiger partial charge < -0.3 is 15.2 Å². The first-order chi connectivity index (χ1) is 14.7. The number of nitrogens with two attached hydrogens (primary N) is 1. The van der Waals surface area contributed by atoms with Crippen LogP contribution < -0.4 is 10.5 Å². The molecular formula is C22H22F3N3O3. The molecule has 1 aliphatic heterocycles. The highest BCUT2D eigenvalue weighted by Gasteiger charge is 2.49. The number of likely N-dealkylation sites (N-methyl/N-ethyl adjacent to an activating group) is 1. The third-order valence-corrected chi connectivity index (χ3v) is 5.02. The lowest BCUT2D eigenvalue weighted by atomic mass is 9.81. The van der Waals surface area contributed by atoms with E-state index in [9.17, 15) is 18.0 Å². The maximum absolute atomic E-state index is 14.4. The lowest BCUT2D eigenvalue weighted by Gasteiger charge is -2.27. The van der Waals surface area contributed by atoms with E-state index in [4.69, 9.17) is 10.5 Å². The molecule has 0 aromatic heterocycles. The topological polar surface area (TPSA) is 77.2 Å². The van der Waals surface area contributed by atoms with Crippen LogP contribution in [0.1, 0.15) is 22.3 Å². The molecule has 2 aromatic rings. The lowest BCUT2D eigenvalue weighted by molar-refractivity contribution is -0.129. The van der Waals surface area contributed by atoms with Gasteiger partial charge in [0.05, 0.1) is 6.61 Å². The van der Waals surface area contributed by atoms with Crippen molar-refractivity contribution in [1.82, 2.24) is 4.90 Å². The van der Waals surface area contributed by atoms with Gasteiger partial charge in [0.2, 0.25) is 0 Å². The van der Waals surface area contributed by atoms with E-state index >= 15 is 0 Å². The third kappa shape index (κ3) is 4.13. The van der Waals surface area contributed by atoms with Gasteiger partial charge in [-0.25, -0.2) is 9.38 Å². The fourth-order valence-corrected chi connectivity index (χ4v) is 3.45. The van der Waals surface area contributed by atoms with Crippen molar-refractivity contribution < 1.29 is 27.4 Å². The van der Waals surface area contributed by atoms with Crippen molar-refractivity contribution in [2.75, 3.05) is 20.8 Å². The van der Waals surface area contributed by atoms with Gasteiger partial charge in [-0.1, -0.05) is 24.3 Å². The monoisotopic (exact) mass is 433 g/mol. The number of guanidine groups is 1. The number of rotatable bonds is 7. The Hall–Kier alpha value is -3.33. The van der Waals surface area contributed by atoms with Crippen LogP contribution in [-0.4, -0.2) is 44.1 Å². The van der Waals surface area contributed by atoms with Crippen molar-refractivity contribution in [2.45, 2.75) is 19.1 Å². The molecule has 1 heterocycles. The van der Waals surface area contributed by atoms with Crippen LogP contribution in [0, 0.1) is 12.7 Å². The summed E-state index contributed by atoms with van der Waals surface area (Å²) in [4.78, 5) is 18.9. The second-order valence-electron chi connectivity index (χ2n) is 7.00. The summed E-state index contributed by atoms with van der Waals surface area (Å²) in [6, 6.07) is 8.56. The van der Waals surface area contributed by atoms with Crippen LogP contribution in [0.25, 0.3) is 6.08 Å². The number of ether oxygens (including phenoxy) is 2. The molecule has 6 nitrogen and oxygen atoms in total. The second kappa shape index (κ2) is 8.81. The minimum absolute atomic E-state index is 0.0173. The Balaban J connectivity index is 2.19. The van der Waals surface area contributed by atoms with Crippen molar-refractivity contribution >= 4 is 17.9 Å². The summed E-state index contributed by atoms with van der Waals surface area (Å²) in [7, 11) is 2.99. The fourth-order valence-electron chi connectivity index (χ4n) is 3.45. The van der Waals surface area contributed by atoms with Gasteiger partial charge >= 0.3 is 6.61 Å². The van der Waals surface area contributed by atoms with Crippen LogP contribution in [0.15, 0.2) is 47.5 Å². The number of halogens is 3. The summed E-state index contributed by atoms with van der Waals surface area (Å²) in [6.45, 7) is -1.12. The number of aryl methyl sites for hydroxylation is 1. The maximum atomic E-state index is 14.4. The summed E-state index contributed by atoms with van der Waals surface area (Å²) in [5.74, 6) is -0.979. The number of methoxy groups -OCH3 is 1. The molecule has 9 heteroatoms. The minimum Gasteiger partial charge on any atom is -0.435 e. The van der Waals surface area contributed by atoms with Gasteiger partial charge in [-0.2, -0.15) is 8.78 Å². The highest BCUT2D eigenvalue weighted by molar-refractivity contribution is 6.09. The van der Waals surface area contributed by atoms with Gasteiger partial charge in [0.15, 0.2) is 11.5 Å². The summed E-state index contributed by atoms with van der Waals surface area (Å²) >= 11 is 0. The highest BCUT2D eigenvalue weighted by atomic mass is 19.3. The predicted molar refractivity (Wildman–Crippen MR) is 110 cm³/mol. The number of alkyl halides is 2. The van der Waals surface area contributed by atoms with Crippen LogP contribution in [0.4, 0.5) is 13.2 Å². The summed E-state index contributed by atoms with van der Waals surface area (Å²) < 4.78 is 49.1. The van der Waals surface area contributed by atoms with Gasteiger partial charge in [0.25, 0.3) is 5.91 Å². The Morgan fingerprint density at radius 2 is 1.90 bits per heavy atom. The molecule has 0 saturated heterocycles. The maximum Gasteiger partial charge on any atom is 0.387 e. The molecule has 0 bridgehead atoms. The number of carbonyl (C=O) groups excluding carboxylic acids is 1. The summed E-state index contributed by atoms with van der Waals surface area (Å²) in [5.41, 5.74) is 5.74. The van der Waals surface area contributed by atoms with Gasteiger partial charge in [-0.3, -0.25) is 9.69 Å². The Bertz CT molecular complexity index is 1060. The highest BCUT2D eigenvalue weighted by Crippen LogP contribution is 2.41. The second-order valence-corrected chi connectivity index (χ2v) is 7.00. The molecule has 0 spiro atoms. The molecule has 0 radical (unpaired) electrons. The molecule has 0 saturated carbocycles. The quantitative estimate of drug-likeness (QED) is 0.726. The number of hydrogen-bond acceptors (Lipinski definition) is 5. The number of amides is 1. The molecule has 1 unspecified atom stereocenters. The van der Waals surface area contributed by atoms with E-state index in [0.29, 0.717) is 16.7 Å². The van der Waals surface area contributed by atoms with Crippen LogP contribution in [0.2, 0.25) is 0 Å². The summed E-state index contributed by atoms with van der Waals surface area (Å²) in [5, 5.41) is 0. The van der Waals surface area contributed by atoms with Crippen LogP contribution in [0.5, 0.6) is 5.75 Å². The third-order valence-electron chi connectivity index (χ3n) is 5.02. The largest absolute Gasteiger partial charge is 0.435 e. The lowest BCUT2D eigenvalue weighted by Crippen LogP contribution is -2.41. The van der Waals surface area contributed by atoms with Gasteiger partial charge in [0.1, 0.15) is 11.6 Å². The number of benzene rings is 2. The van der Waals surface area contributed by atoms with Crippen LogP contribution in [-0.2, 0) is 15.1 Å². The van der Waals surface area contributed by atoms with E-state index < -0.39 is 23.9 Å². The predicted octanol–water partition coefficient (Wildman–Crippen LogP) is 3.43. The smallest absolute Gasteiger partial charge is 0.387 e. The fraction of sp³-hybridized carbons (Fsp3) is 0.273. The van der Waals surface area contributed by atoms with Crippen LogP contribution >= 0.6 is 0 Å². The molecule has 1 atom stereocenters. The molecule has 0 fully saturated rings. The SMILES string of the molecule is COCC=Cc1cc(C2(c3ccc(OC(F)F)c(C)c3)N=C(N)N(C)C2=O)ccc1F. The first-order valence-electron chi connectivity index (χ1n) is 9.35. The zero-order valence-corrected chi connectivity index (χ0v) is 17.2. The van der Waals surface area contributed by atoms with Crippen molar-refractivity contribution in [2.24, 2.45) is 10.7 Å². The first-order valence-corrected chi connectivity index (χ1v) is 9.35. The normalized spacial score (nSPS) is 18.9. The zero-order valence-electron chi connectivity index (χ0n) is 17.2. The standard InChI is InChI=1S/C22H22F3N3O3/c1-13-11-15(7-9-18(13)31-20(24)25)22(19(29)28(2)21(26)27-22)16-6-8-17(23)14(12-16)5-4-10-30-3/h4-9,11-12,20H,10H2,1-3H3,(H2,26,27). The zero-order chi connectivity index (χ0) is 22.8. The van der Waals surface area contributed by atoms with E-state index in [0.717, 1.165) is 0 Å². The minimum atomic E-state index is -2.98. The van der Waals surface area contributed by atoms with E-state index in [1.54, 1.807) is 13.0 Å². The Morgan fingerprint density at radius 1 is 1.23 bits per heavy atom. The molecule has 31 heavy (non-hydrogen) atoms. The van der Waals surface area contributed by atoms with Gasteiger partial charge in [-0.15, -0.1) is 0 Å². The van der Waals surface area contributed by atoms with E-state index in [2.05, 4.69) is 9.73 Å². The molecule has 2 N–H and O–H groups in total. The Morgan fingerprint density at radius 3 is 2.48 bits per heavy atom. The number of carbonyl (C=O) groups is 1. The molecular weight excluding hydrogens is 411 g/mol. The van der Waals surface area contributed by atoms with Crippen molar-refractivity contribution in [1.29, 1.82) is 0 Å². The Kier molecular flexibility index (Phi) is 6.35. The van der Waals surface area contributed by atoms with Crippen molar-refractivity contribution in [3.05, 3.63) is 70.5 Å². The molecule has 0 aliphatic carbocycles. The first kappa shape index (κ1) is 22.4. The molecule has 3 rings (SSSR count). The molecule has 164 valence electrons. The van der Waals surface area contributed by atoms with E-state index in [-0.39, 0.29) is 23.9 Å². The van der Waals surface area contributed by atoms with Gasteiger partial charge in [0, 0.05) is 19.7 Å². The van der Waals surface area contributed by atoms with Crippen LogP contribution in [0.3, 0.4) is 0 Å². The van der Waals surface area contributed by atoms with Crippen molar-refractivity contribution in [3.63, 3.8) is 0 Å². The molecule has 1 amide bonds. The van der Waals surface area contributed by atoms with Gasteiger partial charge in [-0.05, 0) is 47.9 Å². The van der Waals surface area contributed by atoms with Crippen molar-refractivity contribution in [3.8, 4) is 5.75 Å². The number of hydrogen-bond donors (Lipinski definition) is 1. The Labute approximate surface area is 177 Å². The molecule has 1 aliphatic rings. The van der Waals surface area contributed by atoms with E-state index in [1.807, 2.05) is 0 Å². The average molecular weight is 433 g/mol. The number of nitrogens with zero attached hydrogens (tertiary/aromatic N) is 2. The molecule has 2 aromatic carbocycles.